The van der Waals surface area contributed by atoms with Crippen LogP contribution in [0.1, 0.15) is 12.8 Å². The monoisotopic (exact) mass is 450 g/mol. The Hall–Kier alpha value is -2.40. The second-order valence-corrected chi connectivity index (χ2v) is 10.4. The van der Waals surface area contributed by atoms with Gasteiger partial charge in [-0.2, -0.15) is 0 Å². The van der Waals surface area contributed by atoms with Gasteiger partial charge in [-0.15, -0.1) is 0 Å². The van der Waals surface area contributed by atoms with Gasteiger partial charge in [-0.05, 0) is 49.2 Å². The second kappa shape index (κ2) is 9.17. The molecule has 2 aromatic carbocycles. The van der Waals surface area contributed by atoms with Crippen LogP contribution in [-0.2, 0) is 19.4 Å². The largest absolute Gasteiger partial charge is 0.480 e. The normalized spacial score (nSPS) is 16.7. The summed E-state index contributed by atoms with van der Waals surface area (Å²) < 4.78 is 24.9. The lowest BCUT2D eigenvalue weighted by Crippen LogP contribution is -2.58. The molecule has 0 radical (unpaired) electrons. The summed E-state index contributed by atoms with van der Waals surface area (Å²) in [5.74, 6) is -2.02. The molecule has 0 atom stereocenters. The minimum Gasteiger partial charge on any atom is -0.480 e. The van der Waals surface area contributed by atoms with Gasteiger partial charge in [0.2, 0.25) is 0 Å². The molecule has 1 heterocycles. The molecule has 3 rings (SSSR count). The van der Waals surface area contributed by atoms with Gasteiger partial charge >= 0.3 is 5.97 Å². The van der Waals surface area contributed by atoms with Crippen LogP contribution in [-0.4, -0.2) is 59.9 Å². The van der Waals surface area contributed by atoms with Crippen LogP contribution in [0.3, 0.4) is 0 Å². The molecule has 2 aromatic rings. The number of sulfone groups is 1. The molecule has 0 spiro atoms. The maximum absolute atomic E-state index is 13.4. The Morgan fingerprint density at radius 2 is 1.57 bits per heavy atom. The molecule has 0 saturated carbocycles. The van der Waals surface area contributed by atoms with Gasteiger partial charge < -0.3 is 5.11 Å². The lowest BCUT2D eigenvalue weighted by atomic mass is 9.95. The van der Waals surface area contributed by atoms with Crippen LogP contribution in [0, 0.1) is 0 Å². The first-order valence-corrected chi connectivity index (χ1v) is 11.5. The van der Waals surface area contributed by atoms with Crippen molar-refractivity contribution in [3.63, 3.8) is 0 Å². The number of carbonyl (C=O) groups excluding carboxylic acids is 1. The number of nitrogens with zero attached hydrogens (tertiary/aromatic N) is 1. The molecule has 1 saturated heterocycles. The summed E-state index contributed by atoms with van der Waals surface area (Å²) >= 11 is 1.48. The van der Waals surface area contributed by atoms with E-state index < -0.39 is 26.5 Å². The summed E-state index contributed by atoms with van der Waals surface area (Å²) in [4.78, 5) is 26.8. The molecule has 0 aliphatic carbocycles. The van der Waals surface area contributed by atoms with Gasteiger partial charge in [0.15, 0.2) is 14.6 Å². The number of nitrogens with one attached hydrogen (secondary N) is 1. The third-order valence-corrected chi connectivity index (χ3v) is 8.70. The number of amides is 1. The minimum atomic E-state index is -4.13. The molecule has 1 aliphatic rings. The van der Waals surface area contributed by atoms with Gasteiger partial charge in [-0.1, -0.05) is 30.0 Å². The minimum absolute atomic E-state index is 0.0183. The van der Waals surface area contributed by atoms with Crippen molar-refractivity contribution in [2.45, 2.75) is 32.3 Å². The SMILES string of the molecule is O=C(O)CN1CCC(C(=O)NO)(S(=O)(=O)c2ccc(Sc3ccccc3)cc2)CC1. The zero-order valence-electron chi connectivity index (χ0n) is 16.0. The van der Waals surface area contributed by atoms with Crippen LogP contribution in [0.2, 0.25) is 0 Å². The van der Waals surface area contributed by atoms with Crippen molar-refractivity contribution in [1.29, 1.82) is 0 Å². The quantitative estimate of drug-likeness (QED) is 0.432. The van der Waals surface area contributed by atoms with Gasteiger partial charge in [0.1, 0.15) is 0 Å². The summed E-state index contributed by atoms with van der Waals surface area (Å²) in [5, 5.41) is 18.1. The summed E-state index contributed by atoms with van der Waals surface area (Å²) in [5.41, 5.74) is 1.49. The molecule has 0 aromatic heterocycles. The highest BCUT2D eigenvalue weighted by Crippen LogP contribution is 2.37. The Morgan fingerprint density at radius 3 is 2.10 bits per heavy atom. The Labute approximate surface area is 178 Å². The number of likely N-dealkylation sites (tertiary alicyclic amines) is 1. The topological polar surface area (TPSA) is 124 Å². The fraction of sp³-hybridized carbons (Fsp3) is 0.300. The van der Waals surface area contributed by atoms with E-state index in [1.165, 1.54) is 29.4 Å². The Morgan fingerprint density at radius 1 is 1.00 bits per heavy atom. The van der Waals surface area contributed by atoms with Crippen LogP contribution in [0.15, 0.2) is 69.3 Å². The summed E-state index contributed by atoms with van der Waals surface area (Å²) in [7, 11) is -4.13. The average Bonchev–Trinajstić information content (AvgIpc) is 2.74. The van der Waals surface area contributed by atoms with E-state index in [4.69, 9.17) is 5.11 Å². The van der Waals surface area contributed by atoms with Gasteiger partial charge in [0.05, 0.1) is 11.4 Å². The van der Waals surface area contributed by atoms with Gasteiger partial charge in [-0.3, -0.25) is 19.7 Å². The van der Waals surface area contributed by atoms with Gasteiger partial charge in [0.25, 0.3) is 5.91 Å². The maximum Gasteiger partial charge on any atom is 0.317 e. The zero-order valence-corrected chi connectivity index (χ0v) is 17.7. The molecular formula is C20H22N2O6S2. The predicted octanol–water partition coefficient (Wildman–Crippen LogP) is 2.04. The molecule has 30 heavy (non-hydrogen) atoms. The first kappa shape index (κ1) is 22.3. The molecule has 160 valence electrons. The number of hydroxylamine groups is 1. The van der Waals surface area contributed by atoms with Crippen molar-refractivity contribution in [2.75, 3.05) is 19.6 Å². The zero-order chi connectivity index (χ0) is 21.8. The number of benzene rings is 2. The van der Waals surface area contributed by atoms with E-state index in [1.54, 1.807) is 17.0 Å². The number of aliphatic carboxylic acids is 1. The number of hydrogen-bond donors (Lipinski definition) is 3. The highest BCUT2D eigenvalue weighted by atomic mass is 32.2. The standard InChI is InChI=1S/C20H22N2O6S2/c23-18(24)14-22-12-10-20(11-13-22,19(25)21-26)30(27,28)17-8-6-16(7-9-17)29-15-4-2-1-3-5-15/h1-9,26H,10-14H2,(H,21,25)(H,23,24). The molecule has 10 heteroatoms. The molecule has 0 bridgehead atoms. The van der Waals surface area contributed by atoms with Crippen molar-refractivity contribution in [2.24, 2.45) is 0 Å². The van der Waals surface area contributed by atoms with E-state index in [1.807, 2.05) is 30.3 Å². The van der Waals surface area contributed by atoms with E-state index in [9.17, 15) is 23.2 Å². The summed E-state index contributed by atoms with van der Waals surface area (Å²) in [6.45, 7) is -0.00986. The van der Waals surface area contributed by atoms with Crippen molar-refractivity contribution in [3.05, 3.63) is 54.6 Å². The number of carbonyl (C=O) groups is 2. The van der Waals surface area contributed by atoms with Crippen molar-refractivity contribution < 1.29 is 28.3 Å². The average molecular weight is 451 g/mol. The van der Waals surface area contributed by atoms with Crippen LogP contribution < -0.4 is 5.48 Å². The fourth-order valence-electron chi connectivity index (χ4n) is 3.52. The first-order chi connectivity index (χ1) is 14.3. The van der Waals surface area contributed by atoms with Crippen molar-refractivity contribution in [1.82, 2.24) is 10.4 Å². The van der Waals surface area contributed by atoms with Crippen LogP contribution in [0.25, 0.3) is 0 Å². The third kappa shape index (κ3) is 4.51. The smallest absolute Gasteiger partial charge is 0.317 e. The Balaban J connectivity index is 1.85. The summed E-state index contributed by atoms with van der Waals surface area (Å²) in [6, 6.07) is 15.9. The van der Waals surface area contributed by atoms with Crippen LogP contribution in [0.5, 0.6) is 0 Å². The molecule has 0 unspecified atom stereocenters. The molecule has 1 fully saturated rings. The Bertz CT molecular complexity index is 1000. The number of carboxylic acid groups (broad SMARTS) is 1. The van der Waals surface area contributed by atoms with E-state index in [2.05, 4.69) is 0 Å². The number of piperidine rings is 1. The molecular weight excluding hydrogens is 428 g/mol. The predicted molar refractivity (Wildman–Crippen MR) is 110 cm³/mol. The highest BCUT2D eigenvalue weighted by molar-refractivity contribution is 7.99. The fourth-order valence-corrected chi connectivity index (χ4v) is 6.31. The molecule has 8 nitrogen and oxygen atoms in total. The summed E-state index contributed by atoms with van der Waals surface area (Å²) in [6.07, 6.45) is -0.231. The lowest BCUT2D eigenvalue weighted by molar-refractivity contribution is -0.139. The van der Waals surface area contributed by atoms with Crippen molar-refractivity contribution in [3.8, 4) is 0 Å². The van der Waals surface area contributed by atoms with Gasteiger partial charge in [0, 0.05) is 22.9 Å². The van der Waals surface area contributed by atoms with Gasteiger partial charge in [-0.25, -0.2) is 13.9 Å². The van der Waals surface area contributed by atoms with Crippen molar-refractivity contribution >= 4 is 33.5 Å². The second-order valence-electron chi connectivity index (χ2n) is 7.00. The Kier molecular flexibility index (Phi) is 6.81. The van der Waals surface area contributed by atoms with E-state index in [0.717, 1.165) is 9.79 Å². The molecule has 1 aliphatic heterocycles. The van der Waals surface area contributed by atoms with E-state index >= 15 is 0 Å². The number of rotatable bonds is 7. The number of hydrogen-bond acceptors (Lipinski definition) is 7. The van der Waals surface area contributed by atoms with E-state index in [0.29, 0.717) is 0 Å². The molecule has 1 amide bonds. The van der Waals surface area contributed by atoms with Crippen LogP contribution >= 0.6 is 11.8 Å². The van der Waals surface area contributed by atoms with E-state index in [-0.39, 0.29) is 37.4 Å². The van der Waals surface area contributed by atoms with Crippen LogP contribution in [0.4, 0.5) is 0 Å². The third-order valence-electron chi connectivity index (χ3n) is 5.17. The lowest BCUT2D eigenvalue weighted by Gasteiger charge is -2.38. The number of carboxylic acids is 1. The highest BCUT2D eigenvalue weighted by Gasteiger charge is 2.53. The first-order valence-electron chi connectivity index (χ1n) is 9.25. The molecule has 3 N–H and O–H groups in total. The maximum atomic E-state index is 13.4.